The van der Waals surface area contributed by atoms with Gasteiger partial charge in [-0.25, -0.2) is 4.79 Å². The number of nitrogens with two attached hydrogens (primary N) is 1. The normalized spacial score (nSPS) is 17.5. The summed E-state index contributed by atoms with van der Waals surface area (Å²) < 4.78 is 11.2. The van der Waals surface area contributed by atoms with Crippen LogP contribution in [-0.2, 0) is 31.3 Å². The van der Waals surface area contributed by atoms with Crippen LogP contribution in [0.2, 0.25) is 0 Å². The molecule has 2 aromatic carbocycles. The molecular weight excluding hydrogens is 396 g/mol. The summed E-state index contributed by atoms with van der Waals surface area (Å²) in [5.74, 6) is -1.08. The van der Waals surface area contributed by atoms with E-state index < -0.39 is 29.4 Å². The van der Waals surface area contributed by atoms with Gasteiger partial charge in [-0.15, -0.1) is 0 Å². The highest BCUT2D eigenvalue weighted by atomic mass is 16.5. The third-order valence-electron chi connectivity index (χ3n) is 5.45. The van der Waals surface area contributed by atoms with Gasteiger partial charge in [-0.05, 0) is 30.2 Å². The molecule has 2 amide bonds. The number of aryl methyl sites for hydroxylation is 1. The zero-order valence-electron chi connectivity index (χ0n) is 17.0. The van der Waals surface area contributed by atoms with Gasteiger partial charge < -0.3 is 19.8 Å². The van der Waals surface area contributed by atoms with Gasteiger partial charge in [0.15, 0.2) is 0 Å². The quantitative estimate of drug-likeness (QED) is 0.469. The molecule has 1 aliphatic rings. The first-order chi connectivity index (χ1) is 14.9. The number of primary amides is 1. The molecule has 2 unspecified atom stereocenters. The van der Waals surface area contributed by atoms with E-state index in [1.165, 1.54) is 4.90 Å². The van der Waals surface area contributed by atoms with E-state index in [1.807, 2.05) is 30.3 Å². The Morgan fingerprint density at radius 1 is 1.06 bits per heavy atom. The van der Waals surface area contributed by atoms with Gasteiger partial charge in [0.1, 0.15) is 24.2 Å². The summed E-state index contributed by atoms with van der Waals surface area (Å²) in [7, 11) is 0. The Balaban J connectivity index is 1.72. The maximum atomic E-state index is 13.0. The lowest BCUT2D eigenvalue weighted by Crippen LogP contribution is -2.69. The van der Waals surface area contributed by atoms with E-state index in [1.54, 1.807) is 49.4 Å². The van der Waals surface area contributed by atoms with E-state index in [-0.39, 0.29) is 18.8 Å². The minimum absolute atomic E-state index is 0.0625. The number of β-lactam (4-membered cyclic amide) rings is 1. The highest BCUT2D eigenvalue weighted by Gasteiger charge is 2.60. The number of esters is 1. The van der Waals surface area contributed by atoms with Gasteiger partial charge in [-0.3, -0.25) is 9.59 Å². The Hall–Kier alpha value is -3.87. The molecule has 3 aromatic rings. The predicted molar refractivity (Wildman–Crippen MR) is 111 cm³/mol. The van der Waals surface area contributed by atoms with Crippen LogP contribution in [0.15, 0.2) is 77.2 Å². The largest absolute Gasteiger partial charge is 0.463 e. The molecule has 1 saturated heterocycles. The van der Waals surface area contributed by atoms with Gasteiger partial charge in [0.05, 0.1) is 6.42 Å². The lowest BCUT2D eigenvalue weighted by atomic mass is 9.79. The molecule has 0 aliphatic carbocycles. The van der Waals surface area contributed by atoms with Crippen LogP contribution in [0.5, 0.6) is 0 Å². The van der Waals surface area contributed by atoms with Crippen LogP contribution in [0.1, 0.15) is 29.1 Å². The number of carbonyl (C=O) groups excluding carboxylic acids is 3. The summed E-state index contributed by atoms with van der Waals surface area (Å²) in [5, 5.41) is 0. The Bertz CT molecular complexity index is 1110. The summed E-state index contributed by atoms with van der Waals surface area (Å²) in [4.78, 5) is 39.9. The van der Waals surface area contributed by atoms with Gasteiger partial charge in [-0.2, -0.15) is 0 Å². The van der Waals surface area contributed by atoms with Crippen molar-refractivity contribution in [3.8, 4) is 0 Å². The fourth-order valence-corrected chi connectivity index (χ4v) is 3.94. The number of carbonyl (C=O) groups is 3. The van der Waals surface area contributed by atoms with Crippen LogP contribution >= 0.6 is 0 Å². The van der Waals surface area contributed by atoms with Crippen molar-refractivity contribution in [3.63, 3.8) is 0 Å². The SMILES string of the molecule is Cc1ccc(C(C(N)=O)(c2ccccc2)N2C(=O)CC2C(=O)OCc2ccccc2)o1. The summed E-state index contributed by atoms with van der Waals surface area (Å²) in [6, 6.07) is 20.1. The smallest absolute Gasteiger partial charge is 0.329 e. The van der Waals surface area contributed by atoms with E-state index >= 15 is 0 Å². The number of benzene rings is 2. The Kier molecular flexibility index (Phi) is 5.33. The third-order valence-corrected chi connectivity index (χ3v) is 5.45. The minimum atomic E-state index is -1.76. The average molecular weight is 418 g/mol. The molecule has 2 N–H and O–H groups in total. The van der Waals surface area contributed by atoms with Crippen molar-refractivity contribution in [2.75, 3.05) is 0 Å². The minimum Gasteiger partial charge on any atom is -0.463 e. The molecule has 158 valence electrons. The molecule has 31 heavy (non-hydrogen) atoms. The maximum Gasteiger partial charge on any atom is 0.329 e. The molecule has 0 spiro atoms. The molecule has 4 rings (SSSR count). The topological polar surface area (TPSA) is 103 Å². The van der Waals surface area contributed by atoms with E-state index in [4.69, 9.17) is 14.9 Å². The molecule has 1 aromatic heterocycles. The van der Waals surface area contributed by atoms with Gasteiger partial charge in [0, 0.05) is 0 Å². The molecular formula is C24H22N2O5. The summed E-state index contributed by atoms with van der Waals surface area (Å²) in [6.45, 7) is 1.79. The van der Waals surface area contributed by atoms with Gasteiger partial charge in [0.2, 0.25) is 11.4 Å². The van der Waals surface area contributed by atoms with Crippen molar-refractivity contribution in [2.45, 2.75) is 31.5 Å². The Morgan fingerprint density at radius 2 is 1.71 bits per heavy atom. The molecule has 0 radical (unpaired) electrons. The molecule has 2 atom stereocenters. The van der Waals surface area contributed by atoms with Crippen molar-refractivity contribution in [1.29, 1.82) is 0 Å². The van der Waals surface area contributed by atoms with E-state index in [2.05, 4.69) is 0 Å². The van der Waals surface area contributed by atoms with Crippen LogP contribution in [0.4, 0.5) is 0 Å². The van der Waals surface area contributed by atoms with Crippen molar-refractivity contribution in [3.05, 3.63) is 95.4 Å². The predicted octanol–water partition coefficient (Wildman–Crippen LogP) is 2.66. The molecule has 2 heterocycles. The average Bonchev–Trinajstić information content (AvgIpc) is 3.21. The number of amides is 2. The molecule has 1 aliphatic heterocycles. The van der Waals surface area contributed by atoms with Crippen LogP contribution in [0, 0.1) is 6.92 Å². The van der Waals surface area contributed by atoms with E-state index in [9.17, 15) is 14.4 Å². The lowest BCUT2D eigenvalue weighted by molar-refractivity contribution is -0.177. The number of rotatable bonds is 7. The second kappa shape index (κ2) is 8.10. The second-order valence-corrected chi connectivity index (χ2v) is 7.43. The highest BCUT2D eigenvalue weighted by Crippen LogP contribution is 2.43. The highest BCUT2D eigenvalue weighted by molar-refractivity contribution is 6.02. The molecule has 1 fully saturated rings. The van der Waals surface area contributed by atoms with E-state index in [0.717, 1.165) is 5.56 Å². The van der Waals surface area contributed by atoms with Crippen molar-refractivity contribution >= 4 is 17.8 Å². The van der Waals surface area contributed by atoms with Crippen molar-refractivity contribution in [2.24, 2.45) is 5.73 Å². The van der Waals surface area contributed by atoms with Gasteiger partial charge in [0.25, 0.3) is 5.91 Å². The first-order valence-electron chi connectivity index (χ1n) is 9.89. The molecule has 0 bridgehead atoms. The van der Waals surface area contributed by atoms with Crippen LogP contribution in [0.25, 0.3) is 0 Å². The maximum absolute atomic E-state index is 13.0. The summed E-state index contributed by atoms with van der Waals surface area (Å²) in [5.41, 5.74) is 5.39. The zero-order valence-corrected chi connectivity index (χ0v) is 17.0. The fourth-order valence-electron chi connectivity index (χ4n) is 3.94. The number of nitrogens with zero attached hydrogens (tertiary/aromatic N) is 1. The second-order valence-electron chi connectivity index (χ2n) is 7.43. The Labute approximate surface area is 179 Å². The van der Waals surface area contributed by atoms with Crippen molar-refractivity contribution < 1.29 is 23.5 Å². The molecule has 0 saturated carbocycles. The number of likely N-dealkylation sites (tertiary alicyclic amines) is 1. The first-order valence-corrected chi connectivity index (χ1v) is 9.89. The van der Waals surface area contributed by atoms with Crippen LogP contribution < -0.4 is 5.73 Å². The summed E-state index contributed by atoms with van der Waals surface area (Å²) >= 11 is 0. The number of hydrogen-bond donors (Lipinski definition) is 1. The van der Waals surface area contributed by atoms with E-state index in [0.29, 0.717) is 11.3 Å². The standard InChI is InChI=1S/C24H22N2O5/c1-16-12-13-20(31-16)24(23(25)29,18-10-6-3-7-11-18)26-19(14-21(26)27)22(28)30-15-17-8-4-2-5-9-17/h2-13,19H,14-15H2,1H3,(H2,25,29). The molecule has 7 heteroatoms. The zero-order chi connectivity index (χ0) is 22.0. The lowest BCUT2D eigenvalue weighted by Gasteiger charge is -2.49. The number of ether oxygens (including phenoxy) is 1. The monoisotopic (exact) mass is 418 g/mol. The first kappa shape index (κ1) is 20.4. The molecule has 7 nitrogen and oxygen atoms in total. The van der Waals surface area contributed by atoms with Crippen molar-refractivity contribution in [1.82, 2.24) is 4.90 Å². The van der Waals surface area contributed by atoms with Crippen LogP contribution in [-0.4, -0.2) is 28.7 Å². The Morgan fingerprint density at radius 3 is 2.26 bits per heavy atom. The summed E-state index contributed by atoms with van der Waals surface area (Å²) in [6.07, 6.45) is -0.0742. The van der Waals surface area contributed by atoms with Gasteiger partial charge >= 0.3 is 5.97 Å². The number of furan rings is 1. The third kappa shape index (κ3) is 3.48. The fraction of sp³-hybridized carbons (Fsp3) is 0.208. The van der Waals surface area contributed by atoms with Crippen LogP contribution in [0.3, 0.4) is 0 Å². The van der Waals surface area contributed by atoms with Gasteiger partial charge in [-0.1, -0.05) is 60.7 Å². The number of hydrogen-bond acceptors (Lipinski definition) is 5.